The number of pyridine rings is 1. The normalized spacial score (nSPS) is 11.7. The molecule has 0 saturated carbocycles. The molecule has 194 valence electrons. The summed E-state index contributed by atoms with van der Waals surface area (Å²) in [5.74, 6) is -0.0459. The summed E-state index contributed by atoms with van der Waals surface area (Å²) in [6, 6.07) is 20.4. The van der Waals surface area contributed by atoms with E-state index in [1.54, 1.807) is 30.3 Å². The van der Waals surface area contributed by atoms with E-state index in [-0.39, 0.29) is 10.7 Å². The van der Waals surface area contributed by atoms with Crippen molar-refractivity contribution in [3.05, 3.63) is 107 Å². The summed E-state index contributed by atoms with van der Waals surface area (Å²) < 4.78 is 8.60. The summed E-state index contributed by atoms with van der Waals surface area (Å²) in [6.07, 6.45) is 3.27. The van der Waals surface area contributed by atoms with Crippen LogP contribution in [0.5, 0.6) is 0 Å². The van der Waals surface area contributed by atoms with Crippen LogP contribution in [0.15, 0.2) is 79.1 Å². The minimum absolute atomic E-state index is 0.0111. The molecule has 0 radical (unpaired) electrons. The van der Waals surface area contributed by atoms with Crippen LogP contribution in [0.3, 0.4) is 0 Å². The van der Waals surface area contributed by atoms with E-state index in [4.69, 9.17) is 21.3 Å². The van der Waals surface area contributed by atoms with Gasteiger partial charge in [0, 0.05) is 19.9 Å². The minimum Gasteiger partial charge on any atom is -0.383 e. The first kappa shape index (κ1) is 25.6. The fourth-order valence-electron chi connectivity index (χ4n) is 4.50. The Kier molecular flexibility index (Phi) is 7.24. The number of rotatable bonds is 9. The molecule has 0 bridgehead atoms. The van der Waals surface area contributed by atoms with Gasteiger partial charge in [0.05, 0.1) is 36.1 Å². The first-order valence-electron chi connectivity index (χ1n) is 12.2. The number of halogens is 1. The number of hydrogen-bond acceptors (Lipinski definition) is 6. The van der Waals surface area contributed by atoms with Gasteiger partial charge in [-0.25, -0.2) is 9.97 Å². The van der Waals surface area contributed by atoms with Crippen LogP contribution in [0, 0.1) is 0 Å². The first-order chi connectivity index (χ1) is 18.5. The van der Waals surface area contributed by atoms with Gasteiger partial charge in [-0.05, 0) is 24.1 Å². The van der Waals surface area contributed by atoms with Crippen LogP contribution in [0.25, 0.3) is 11.2 Å². The van der Waals surface area contributed by atoms with Crippen molar-refractivity contribution < 1.29 is 14.6 Å². The third-order valence-corrected chi connectivity index (χ3v) is 6.67. The number of amides is 1. The van der Waals surface area contributed by atoms with Gasteiger partial charge in [-0.15, -0.1) is 0 Å². The standard InChI is InChI=1S/C28H27ClN6O3/c1-3-35-23-16-22(26(36)31-21-17-30-34(18-21)14-15-38-2)24(29)32-25(23)33-27(35)28(37,19-10-6-4-7-11-19)20-12-8-5-9-13-20/h4-13,16-18,37H,3,14-15H2,1-2H3,(H,31,36). The maximum Gasteiger partial charge on any atom is 0.258 e. The molecule has 0 unspecified atom stereocenters. The van der Waals surface area contributed by atoms with E-state index in [2.05, 4.69) is 15.4 Å². The van der Waals surface area contributed by atoms with E-state index in [9.17, 15) is 9.90 Å². The fraction of sp³-hybridized carbons (Fsp3) is 0.214. The van der Waals surface area contributed by atoms with Crippen molar-refractivity contribution in [2.24, 2.45) is 0 Å². The van der Waals surface area contributed by atoms with Crippen molar-refractivity contribution in [2.75, 3.05) is 19.0 Å². The number of aliphatic hydroxyl groups is 1. The highest BCUT2D eigenvalue weighted by atomic mass is 35.5. The predicted octanol–water partition coefficient (Wildman–Crippen LogP) is 4.48. The summed E-state index contributed by atoms with van der Waals surface area (Å²) in [5.41, 5.74) is 1.38. The molecule has 9 nitrogen and oxygen atoms in total. The van der Waals surface area contributed by atoms with E-state index in [0.717, 1.165) is 0 Å². The van der Waals surface area contributed by atoms with Gasteiger partial charge >= 0.3 is 0 Å². The molecule has 0 spiro atoms. The zero-order chi connectivity index (χ0) is 26.7. The van der Waals surface area contributed by atoms with Crippen molar-refractivity contribution in [2.45, 2.75) is 25.6 Å². The first-order valence-corrected chi connectivity index (χ1v) is 12.6. The number of ether oxygens (including phenoxy) is 1. The lowest BCUT2D eigenvalue weighted by Gasteiger charge is -2.29. The van der Waals surface area contributed by atoms with Gasteiger partial charge in [0.1, 0.15) is 5.15 Å². The number of fused-ring (bicyclic) bond motifs is 1. The number of carbonyl (C=O) groups is 1. The van der Waals surface area contributed by atoms with Gasteiger partial charge in [-0.2, -0.15) is 5.10 Å². The molecule has 0 saturated heterocycles. The second kappa shape index (κ2) is 10.7. The Hall–Kier alpha value is -4.05. The highest BCUT2D eigenvalue weighted by Gasteiger charge is 2.39. The number of nitrogens with zero attached hydrogens (tertiary/aromatic N) is 5. The summed E-state index contributed by atoms with van der Waals surface area (Å²) in [6.45, 7) is 3.49. The maximum atomic E-state index is 13.2. The van der Waals surface area contributed by atoms with E-state index < -0.39 is 11.5 Å². The molecule has 0 aliphatic heterocycles. The van der Waals surface area contributed by atoms with Gasteiger partial charge in [0.25, 0.3) is 5.91 Å². The zero-order valence-electron chi connectivity index (χ0n) is 21.0. The Morgan fingerprint density at radius 2 is 1.74 bits per heavy atom. The van der Waals surface area contributed by atoms with Crippen molar-refractivity contribution in [1.82, 2.24) is 24.3 Å². The predicted molar refractivity (Wildman–Crippen MR) is 145 cm³/mol. The molecule has 5 aromatic rings. The monoisotopic (exact) mass is 530 g/mol. The lowest BCUT2D eigenvalue weighted by molar-refractivity contribution is 0.102. The van der Waals surface area contributed by atoms with Crippen molar-refractivity contribution in [1.29, 1.82) is 0 Å². The minimum atomic E-state index is -1.56. The summed E-state index contributed by atoms with van der Waals surface area (Å²) in [5, 5.41) is 19.4. The molecule has 3 aromatic heterocycles. The van der Waals surface area contributed by atoms with Crippen molar-refractivity contribution >= 4 is 34.4 Å². The lowest BCUT2D eigenvalue weighted by atomic mass is 9.85. The molecule has 0 aliphatic carbocycles. The van der Waals surface area contributed by atoms with E-state index in [1.165, 1.54) is 0 Å². The Morgan fingerprint density at radius 3 is 2.34 bits per heavy atom. The molecule has 0 aliphatic rings. The number of hydrogen-bond donors (Lipinski definition) is 2. The van der Waals surface area contributed by atoms with Crippen LogP contribution < -0.4 is 5.32 Å². The van der Waals surface area contributed by atoms with Gasteiger partial charge in [0.2, 0.25) is 0 Å². The van der Waals surface area contributed by atoms with Crippen LogP contribution in [0.4, 0.5) is 5.69 Å². The van der Waals surface area contributed by atoms with Gasteiger partial charge in [-0.1, -0.05) is 72.3 Å². The molecular formula is C28H27ClN6O3. The average Bonchev–Trinajstić information content (AvgIpc) is 3.55. The smallest absolute Gasteiger partial charge is 0.258 e. The number of aryl methyl sites for hydroxylation is 1. The largest absolute Gasteiger partial charge is 0.383 e. The number of benzene rings is 2. The average molecular weight is 531 g/mol. The molecule has 38 heavy (non-hydrogen) atoms. The summed E-state index contributed by atoms with van der Waals surface area (Å²) in [7, 11) is 1.62. The topological polar surface area (TPSA) is 107 Å². The number of imidazole rings is 1. The van der Waals surface area contributed by atoms with Crippen molar-refractivity contribution in [3.8, 4) is 0 Å². The lowest BCUT2D eigenvalue weighted by Crippen LogP contribution is -2.32. The van der Waals surface area contributed by atoms with E-state index >= 15 is 0 Å². The number of anilines is 1. The third-order valence-electron chi connectivity index (χ3n) is 6.38. The molecule has 1 amide bonds. The second-order valence-corrected chi connectivity index (χ2v) is 9.09. The number of aromatic nitrogens is 5. The quantitative estimate of drug-likeness (QED) is 0.272. The Balaban J connectivity index is 1.58. The van der Waals surface area contributed by atoms with E-state index in [0.29, 0.717) is 53.5 Å². The number of nitrogens with one attached hydrogen (secondary N) is 1. The second-order valence-electron chi connectivity index (χ2n) is 8.73. The van der Waals surface area contributed by atoms with Gasteiger partial charge in [-0.3, -0.25) is 9.48 Å². The third kappa shape index (κ3) is 4.67. The molecular weight excluding hydrogens is 504 g/mol. The van der Waals surface area contributed by atoms with Crippen LogP contribution in [-0.2, 0) is 23.4 Å². The summed E-state index contributed by atoms with van der Waals surface area (Å²) in [4.78, 5) is 22.4. The van der Waals surface area contributed by atoms with E-state index in [1.807, 2.05) is 72.2 Å². The van der Waals surface area contributed by atoms with Crippen LogP contribution in [0.2, 0.25) is 5.15 Å². The molecule has 0 fully saturated rings. The van der Waals surface area contributed by atoms with Crippen molar-refractivity contribution in [3.63, 3.8) is 0 Å². The molecule has 2 aromatic carbocycles. The molecule has 0 atom stereocenters. The number of methoxy groups -OCH3 is 1. The zero-order valence-corrected chi connectivity index (χ0v) is 21.8. The molecule has 3 heterocycles. The maximum absolute atomic E-state index is 13.2. The Bertz CT molecular complexity index is 1530. The highest BCUT2D eigenvalue weighted by molar-refractivity contribution is 6.33. The fourth-order valence-corrected chi connectivity index (χ4v) is 4.72. The highest BCUT2D eigenvalue weighted by Crippen LogP contribution is 2.38. The number of carbonyl (C=O) groups excluding carboxylic acids is 1. The molecule has 5 rings (SSSR count). The summed E-state index contributed by atoms with van der Waals surface area (Å²) >= 11 is 6.47. The van der Waals surface area contributed by atoms with Crippen LogP contribution >= 0.6 is 11.6 Å². The Labute approximate surface area is 224 Å². The van der Waals surface area contributed by atoms with Crippen LogP contribution in [-0.4, -0.2) is 49.0 Å². The van der Waals surface area contributed by atoms with Crippen LogP contribution in [0.1, 0.15) is 34.2 Å². The molecule has 10 heteroatoms. The van der Waals surface area contributed by atoms with Gasteiger partial charge < -0.3 is 19.7 Å². The molecule has 2 N–H and O–H groups in total. The SMILES string of the molecule is CCn1c(C(O)(c2ccccc2)c2ccccc2)nc2nc(Cl)c(C(=O)Nc3cnn(CCOC)c3)cc21. The Morgan fingerprint density at radius 1 is 1.08 bits per heavy atom. The van der Waals surface area contributed by atoms with Gasteiger partial charge in [0.15, 0.2) is 17.1 Å².